The van der Waals surface area contributed by atoms with E-state index in [1.165, 1.54) is 25.0 Å². The van der Waals surface area contributed by atoms with Crippen LogP contribution in [0.4, 0.5) is 4.39 Å². The number of nitrogens with zero attached hydrogens (tertiary/aromatic N) is 3. The maximum atomic E-state index is 12.5. The zero-order valence-electron chi connectivity index (χ0n) is 14.8. The topological polar surface area (TPSA) is 119 Å². The van der Waals surface area contributed by atoms with Gasteiger partial charge in [-0.3, -0.25) is 4.57 Å². The molecular formula is C16H16BrFN4O5S. The van der Waals surface area contributed by atoms with Gasteiger partial charge < -0.3 is 14.2 Å². The van der Waals surface area contributed by atoms with Crippen molar-refractivity contribution in [1.82, 2.24) is 14.5 Å². The molecule has 12 heteroatoms. The van der Waals surface area contributed by atoms with E-state index < -0.39 is 16.7 Å². The first-order chi connectivity index (χ1) is 13.3. The van der Waals surface area contributed by atoms with E-state index in [1.807, 2.05) is 0 Å². The number of primary sulfonamides is 1. The van der Waals surface area contributed by atoms with Crippen LogP contribution in [0.1, 0.15) is 0 Å². The van der Waals surface area contributed by atoms with Gasteiger partial charge in [0.05, 0.1) is 19.7 Å². The van der Waals surface area contributed by atoms with Crippen LogP contribution < -0.4 is 19.3 Å². The normalized spacial score (nSPS) is 11.6. The van der Waals surface area contributed by atoms with Crippen LogP contribution in [0.3, 0.4) is 0 Å². The molecule has 0 spiro atoms. The summed E-state index contributed by atoms with van der Waals surface area (Å²) in [4.78, 5) is 8.41. The molecule has 0 radical (unpaired) electrons. The largest absolute Gasteiger partial charge is 0.481 e. The van der Waals surface area contributed by atoms with Crippen LogP contribution in [-0.2, 0) is 10.0 Å². The van der Waals surface area contributed by atoms with Crippen LogP contribution in [0.25, 0.3) is 16.9 Å². The summed E-state index contributed by atoms with van der Waals surface area (Å²) in [6.07, 6.45) is 1.31. The summed E-state index contributed by atoms with van der Waals surface area (Å²) in [6, 6.07) is 5.00. The summed E-state index contributed by atoms with van der Waals surface area (Å²) < 4.78 is 54.3. The molecule has 0 saturated carbocycles. The van der Waals surface area contributed by atoms with Gasteiger partial charge in [0.25, 0.3) is 11.8 Å². The van der Waals surface area contributed by atoms with E-state index in [9.17, 15) is 12.8 Å². The van der Waals surface area contributed by atoms with Crippen LogP contribution in [0.15, 0.2) is 33.8 Å². The molecule has 0 unspecified atom stereocenters. The zero-order valence-corrected chi connectivity index (χ0v) is 17.3. The number of hydrogen-bond donors (Lipinski definition) is 1. The van der Waals surface area contributed by atoms with Crippen molar-refractivity contribution in [3.63, 3.8) is 0 Å². The number of alkyl halides is 1. The summed E-state index contributed by atoms with van der Waals surface area (Å²) in [5, 5.41) is 5.74. The predicted octanol–water partition coefficient (Wildman–Crippen LogP) is 2.20. The molecule has 0 aliphatic heterocycles. The first kappa shape index (κ1) is 20.3. The van der Waals surface area contributed by atoms with Crippen LogP contribution >= 0.6 is 15.9 Å². The summed E-state index contributed by atoms with van der Waals surface area (Å²) in [5.74, 6) is 0.101. The van der Waals surface area contributed by atoms with Gasteiger partial charge in [-0.2, -0.15) is 9.97 Å². The second-order valence-corrected chi connectivity index (χ2v) is 7.92. The Kier molecular flexibility index (Phi) is 5.72. The van der Waals surface area contributed by atoms with Gasteiger partial charge in [-0.25, -0.2) is 17.9 Å². The molecule has 0 amide bonds. The molecule has 0 bridgehead atoms. The molecule has 150 valence electrons. The molecule has 0 saturated heterocycles. The third-order valence-corrected chi connectivity index (χ3v) is 5.19. The molecule has 2 aromatic heterocycles. The Morgan fingerprint density at radius 2 is 1.86 bits per heavy atom. The minimum absolute atomic E-state index is 0.00398. The number of aromatic nitrogens is 3. The number of methoxy groups -OCH3 is 2. The lowest BCUT2D eigenvalue weighted by Gasteiger charge is -2.14. The minimum atomic E-state index is -4.00. The summed E-state index contributed by atoms with van der Waals surface area (Å²) in [6.45, 7) is -0.952. The molecule has 2 N–H and O–H groups in total. The number of fused-ring (bicyclic) bond motifs is 1. The number of sulfonamides is 1. The second-order valence-electron chi connectivity index (χ2n) is 5.48. The number of hydrogen-bond acceptors (Lipinski definition) is 7. The van der Waals surface area contributed by atoms with Gasteiger partial charge in [-0.05, 0) is 12.1 Å². The van der Waals surface area contributed by atoms with Gasteiger partial charge in [-0.1, -0.05) is 22.0 Å². The lowest BCUT2D eigenvalue weighted by molar-refractivity contribution is 0.240. The molecule has 28 heavy (non-hydrogen) atoms. The van der Waals surface area contributed by atoms with Crippen LogP contribution in [0.5, 0.6) is 17.5 Å². The number of halogens is 2. The number of rotatable bonds is 7. The molecule has 0 atom stereocenters. The van der Waals surface area contributed by atoms with Crippen molar-refractivity contribution < 1.29 is 27.0 Å². The molecule has 2 heterocycles. The minimum Gasteiger partial charge on any atom is -0.481 e. The van der Waals surface area contributed by atoms with Crippen LogP contribution in [0, 0.1) is 0 Å². The van der Waals surface area contributed by atoms with Crippen molar-refractivity contribution in [1.29, 1.82) is 0 Å². The smallest absolute Gasteiger partial charge is 0.265 e. The van der Waals surface area contributed by atoms with Gasteiger partial charge in [0.2, 0.25) is 21.7 Å². The fraction of sp³-hybridized carbons (Fsp3) is 0.250. The standard InChI is InChI=1S/C16H16BrFN4O5S/c1-25-14-13(27-6-5-18)15(26-2)21-16(20-14)22-8-12(28(19,23)24)10-4-3-9(17)7-11(10)22/h3-4,7-8H,5-6H2,1-2H3,(H2,19,23,24). The fourth-order valence-electron chi connectivity index (χ4n) is 2.61. The Bertz CT molecular complexity index is 1110. The zero-order chi connectivity index (χ0) is 20.5. The molecule has 1 aromatic carbocycles. The molecule has 3 rings (SSSR count). The van der Waals surface area contributed by atoms with Gasteiger partial charge in [0, 0.05) is 16.1 Å². The number of nitrogens with two attached hydrogens (primary N) is 1. The number of ether oxygens (including phenoxy) is 3. The third-order valence-electron chi connectivity index (χ3n) is 3.75. The van der Waals surface area contributed by atoms with E-state index in [2.05, 4.69) is 25.9 Å². The Morgan fingerprint density at radius 3 is 2.39 bits per heavy atom. The maximum Gasteiger partial charge on any atom is 0.265 e. The number of benzene rings is 1. The van der Waals surface area contributed by atoms with E-state index >= 15 is 0 Å². The molecule has 0 aliphatic rings. The SMILES string of the molecule is COc1nc(-n2cc(S(N)(=O)=O)c3ccc(Br)cc32)nc(OC)c1OCCF. The third kappa shape index (κ3) is 3.75. The van der Waals surface area contributed by atoms with Crippen LogP contribution in [-0.4, -0.2) is 50.5 Å². The van der Waals surface area contributed by atoms with Crippen molar-refractivity contribution in [2.75, 3.05) is 27.5 Å². The summed E-state index contributed by atoms with van der Waals surface area (Å²) >= 11 is 3.36. The second kappa shape index (κ2) is 7.89. The van der Waals surface area contributed by atoms with Crippen molar-refractivity contribution in [3.05, 3.63) is 28.9 Å². The molecule has 3 aromatic rings. The highest BCUT2D eigenvalue weighted by molar-refractivity contribution is 9.10. The van der Waals surface area contributed by atoms with E-state index in [1.54, 1.807) is 18.2 Å². The lowest BCUT2D eigenvalue weighted by Crippen LogP contribution is -2.12. The highest BCUT2D eigenvalue weighted by Crippen LogP contribution is 2.36. The summed E-state index contributed by atoms with van der Waals surface area (Å²) in [7, 11) is -1.29. The van der Waals surface area contributed by atoms with Gasteiger partial charge in [0.1, 0.15) is 18.2 Å². The van der Waals surface area contributed by atoms with Crippen molar-refractivity contribution in [2.24, 2.45) is 5.14 Å². The van der Waals surface area contributed by atoms with Gasteiger partial charge in [0.15, 0.2) is 0 Å². The molecule has 9 nitrogen and oxygen atoms in total. The van der Waals surface area contributed by atoms with Crippen molar-refractivity contribution in [3.8, 4) is 23.5 Å². The Labute approximate surface area is 168 Å². The van der Waals surface area contributed by atoms with E-state index in [-0.39, 0.29) is 35.0 Å². The maximum absolute atomic E-state index is 12.5. The fourth-order valence-corrected chi connectivity index (χ4v) is 3.69. The van der Waals surface area contributed by atoms with Crippen LogP contribution in [0.2, 0.25) is 0 Å². The Morgan fingerprint density at radius 1 is 1.21 bits per heavy atom. The van der Waals surface area contributed by atoms with E-state index in [0.29, 0.717) is 15.4 Å². The van der Waals surface area contributed by atoms with E-state index in [0.717, 1.165) is 0 Å². The average molecular weight is 475 g/mol. The lowest BCUT2D eigenvalue weighted by atomic mass is 10.2. The van der Waals surface area contributed by atoms with Gasteiger partial charge >= 0.3 is 0 Å². The average Bonchev–Trinajstić information content (AvgIpc) is 3.04. The summed E-state index contributed by atoms with van der Waals surface area (Å²) in [5.41, 5.74) is 0.486. The highest BCUT2D eigenvalue weighted by Gasteiger charge is 2.23. The van der Waals surface area contributed by atoms with Crippen molar-refractivity contribution in [2.45, 2.75) is 4.90 Å². The first-order valence-electron chi connectivity index (χ1n) is 7.82. The van der Waals surface area contributed by atoms with Crippen molar-refractivity contribution >= 4 is 36.9 Å². The molecular weight excluding hydrogens is 459 g/mol. The molecule has 0 aliphatic carbocycles. The first-order valence-corrected chi connectivity index (χ1v) is 10.2. The highest BCUT2D eigenvalue weighted by atomic mass is 79.9. The Balaban J connectivity index is 2.29. The Hall–Kier alpha value is -2.44. The molecule has 0 fully saturated rings. The quantitative estimate of drug-likeness (QED) is 0.557. The monoisotopic (exact) mass is 474 g/mol. The van der Waals surface area contributed by atoms with Gasteiger partial charge in [-0.15, -0.1) is 0 Å². The predicted molar refractivity (Wildman–Crippen MR) is 103 cm³/mol. The van der Waals surface area contributed by atoms with E-state index in [4.69, 9.17) is 19.3 Å².